The number of rotatable bonds is 4. The molecule has 0 radical (unpaired) electrons. The van der Waals surface area contributed by atoms with Crippen LogP contribution in [0.1, 0.15) is 12.5 Å². The highest BCUT2D eigenvalue weighted by atomic mass is 35.5. The fourth-order valence-corrected chi connectivity index (χ4v) is 1.10. The second-order valence-corrected chi connectivity index (χ2v) is 3.46. The lowest BCUT2D eigenvalue weighted by Gasteiger charge is -2.01. The van der Waals surface area contributed by atoms with E-state index in [2.05, 4.69) is 5.16 Å². The number of halogens is 1. The molecule has 3 N–H and O–H groups in total. The summed E-state index contributed by atoms with van der Waals surface area (Å²) in [6.07, 6.45) is 0. The fraction of sp³-hybridized carbons (Fsp3) is 0.200. The van der Waals surface area contributed by atoms with Crippen LogP contribution in [0.15, 0.2) is 29.4 Å². The molecular weight excluding hydrogens is 230 g/mol. The number of benzene rings is 1. The molecule has 0 saturated heterocycles. The minimum Gasteiger partial charge on any atom is -0.385 e. The molecule has 5 nitrogen and oxygen atoms in total. The van der Waals surface area contributed by atoms with Crippen molar-refractivity contribution in [1.29, 1.82) is 0 Å². The molecule has 0 bridgehead atoms. The predicted molar refractivity (Wildman–Crippen MR) is 61.9 cm³/mol. The van der Waals surface area contributed by atoms with E-state index in [1.807, 2.05) is 17.6 Å². The molecule has 1 amide bonds. The summed E-state index contributed by atoms with van der Waals surface area (Å²) in [7, 11) is 0. The number of amides is 1. The third kappa shape index (κ3) is 3.88. The third-order valence-electron chi connectivity index (χ3n) is 1.82. The summed E-state index contributed by atoms with van der Waals surface area (Å²) in [5.41, 5.74) is 3.46. The first-order chi connectivity index (χ1) is 7.63. The molecule has 0 saturated carbocycles. The van der Waals surface area contributed by atoms with Crippen LogP contribution in [-0.4, -0.2) is 18.2 Å². The Balaban J connectivity index is 2.56. The van der Waals surface area contributed by atoms with Crippen LogP contribution >= 0.6 is 11.6 Å². The van der Waals surface area contributed by atoms with Gasteiger partial charge in [-0.25, -0.2) is 5.84 Å². The van der Waals surface area contributed by atoms with Crippen LogP contribution in [0.4, 0.5) is 0 Å². The number of nitrogens with zero attached hydrogens (tertiary/aromatic N) is 1. The summed E-state index contributed by atoms with van der Waals surface area (Å²) in [6.45, 7) is 1.56. The Kier molecular flexibility index (Phi) is 4.75. The molecular formula is C10H12ClN3O2. The Morgan fingerprint density at radius 3 is 2.69 bits per heavy atom. The molecule has 1 aromatic carbocycles. The van der Waals surface area contributed by atoms with Crippen molar-refractivity contribution >= 4 is 23.2 Å². The van der Waals surface area contributed by atoms with E-state index < -0.39 is 5.91 Å². The van der Waals surface area contributed by atoms with Crippen LogP contribution < -0.4 is 11.3 Å². The van der Waals surface area contributed by atoms with E-state index in [1.54, 1.807) is 19.1 Å². The van der Waals surface area contributed by atoms with Crippen molar-refractivity contribution in [2.75, 3.05) is 6.61 Å². The van der Waals surface area contributed by atoms with Gasteiger partial charge in [0.15, 0.2) is 6.61 Å². The van der Waals surface area contributed by atoms with E-state index in [9.17, 15) is 4.79 Å². The number of carbonyl (C=O) groups excluding carboxylic acids is 1. The van der Waals surface area contributed by atoms with Gasteiger partial charge in [-0.15, -0.1) is 0 Å². The summed E-state index contributed by atoms with van der Waals surface area (Å²) >= 11 is 5.74. The molecule has 0 aromatic heterocycles. The van der Waals surface area contributed by atoms with Crippen molar-refractivity contribution < 1.29 is 9.63 Å². The normalized spacial score (nSPS) is 11.1. The molecule has 1 rings (SSSR count). The molecule has 0 aliphatic rings. The van der Waals surface area contributed by atoms with Crippen molar-refractivity contribution in [3.63, 3.8) is 0 Å². The maximum Gasteiger partial charge on any atom is 0.274 e. The molecule has 0 atom stereocenters. The van der Waals surface area contributed by atoms with Gasteiger partial charge in [0.1, 0.15) is 0 Å². The van der Waals surface area contributed by atoms with Crippen molar-refractivity contribution in [2.45, 2.75) is 6.92 Å². The van der Waals surface area contributed by atoms with Gasteiger partial charge >= 0.3 is 0 Å². The lowest BCUT2D eigenvalue weighted by Crippen LogP contribution is -2.32. The highest BCUT2D eigenvalue weighted by Gasteiger charge is 2.00. The van der Waals surface area contributed by atoms with Crippen LogP contribution in [-0.2, 0) is 9.63 Å². The lowest BCUT2D eigenvalue weighted by atomic mass is 10.1. The van der Waals surface area contributed by atoms with E-state index in [0.29, 0.717) is 10.7 Å². The summed E-state index contributed by atoms with van der Waals surface area (Å²) < 4.78 is 0. The number of hydrogen-bond donors (Lipinski definition) is 2. The molecule has 16 heavy (non-hydrogen) atoms. The Morgan fingerprint density at radius 1 is 1.50 bits per heavy atom. The molecule has 0 aliphatic heterocycles. The smallest absolute Gasteiger partial charge is 0.274 e. The number of oxime groups is 1. The van der Waals surface area contributed by atoms with Crippen molar-refractivity contribution in [3.05, 3.63) is 34.9 Å². The minimum atomic E-state index is -0.437. The summed E-state index contributed by atoms with van der Waals surface area (Å²) in [6, 6.07) is 7.13. The minimum absolute atomic E-state index is 0.207. The van der Waals surface area contributed by atoms with E-state index in [4.69, 9.17) is 22.3 Å². The van der Waals surface area contributed by atoms with Crippen LogP contribution in [0.25, 0.3) is 0 Å². The van der Waals surface area contributed by atoms with Crippen LogP contribution in [0, 0.1) is 0 Å². The average molecular weight is 242 g/mol. The number of carbonyl (C=O) groups is 1. The quantitative estimate of drug-likeness (QED) is 0.358. The van der Waals surface area contributed by atoms with Gasteiger partial charge in [-0.3, -0.25) is 10.2 Å². The number of hydrazine groups is 1. The van der Waals surface area contributed by atoms with Gasteiger partial charge in [0.05, 0.1) is 5.71 Å². The number of hydrogen-bond acceptors (Lipinski definition) is 4. The SMILES string of the molecule is CC(=NOCC(=O)NN)c1ccc(Cl)cc1. The van der Waals surface area contributed by atoms with Crippen LogP contribution in [0.2, 0.25) is 5.02 Å². The van der Waals surface area contributed by atoms with Crippen LogP contribution in [0.3, 0.4) is 0 Å². The van der Waals surface area contributed by atoms with Gasteiger partial charge < -0.3 is 4.84 Å². The van der Waals surface area contributed by atoms with E-state index in [1.165, 1.54) is 0 Å². The topological polar surface area (TPSA) is 76.7 Å². The highest BCUT2D eigenvalue weighted by molar-refractivity contribution is 6.30. The number of nitrogens with one attached hydrogen (secondary N) is 1. The zero-order chi connectivity index (χ0) is 12.0. The summed E-state index contributed by atoms with van der Waals surface area (Å²) in [4.78, 5) is 15.5. The molecule has 0 unspecified atom stereocenters. The van der Waals surface area contributed by atoms with Gasteiger partial charge in [-0.1, -0.05) is 28.9 Å². The summed E-state index contributed by atoms with van der Waals surface area (Å²) in [5.74, 6) is 4.44. The van der Waals surface area contributed by atoms with Gasteiger partial charge in [0.25, 0.3) is 5.91 Å². The predicted octanol–water partition coefficient (Wildman–Crippen LogP) is 1.07. The Morgan fingerprint density at radius 2 is 2.12 bits per heavy atom. The first kappa shape index (κ1) is 12.5. The standard InChI is InChI=1S/C10H12ClN3O2/c1-7(14-16-6-10(15)13-12)8-2-4-9(11)5-3-8/h2-5H,6,12H2,1H3,(H,13,15). The Bertz CT molecular complexity index is 390. The maximum absolute atomic E-state index is 10.7. The van der Waals surface area contributed by atoms with Crippen molar-refractivity contribution in [3.8, 4) is 0 Å². The average Bonchev–Trinajstić information content (AvgIpc) is 2.29. The molecule has 0 spiro atoms. The van der Waals surface area contributed by atoms with Gasteiger partial charge in [0.2, 0.25) is 0 Å². The largest absolute Gasteiger partial charge is 0.385 e. The fourth-order valence-electron chi connectivity index (χ4n) is 0.973. The molecule has 0 heterocycles. The van der Waals surface area contributed by atoms with Crippen molar-refractivity contribution in [1.82, 2.24) is 5.43 Å². The molecule has 0 fully saturated rings. The second kappa shape index (κ2) is 6.09. The molecule has 1 aromatic rings. The number of nitrogens with two attached hydrogens (primary N) is 1. The van der Waals surface area contributed by atoms with E-state index in [-0.39, 0.29) is 6.61 Å². The Labute approximate surface area is 98.2 Å². The first-order valence-electron chi connectivity index (χ1n) is 4.55. The van der Waals surface area contributed by atoms with Gasteiger partial charge in [0, 0.05) is 5.02 Å². The summed E-state index contributed by atoms with van der Waals surface area (Å²) in [5, 5.41) is 4.42. The highest BCUT2D eigenvalue weighted by Crippen LogP contribution is 2.10. The van der Waals surface area contributed by atoms with E-state index >= 15 is 0 Å². The van der Waals surface area contributed by atoms with Gasteiger partial charge in [-0.05, 0) is 24.6 Å². The molecule has 0 aliphatic carbocycles. The van der Waals surface area contributed by atoms with Crippen molar-refractivity contribution in [2.24, 2.45) is 11.0 Å². The maximum atomic E-state index is 10.7. The monoisotopic (exact) mass is 241 g/mol. The zero-order valence-corrected chi connectivity index (χ0v) is 9.49. The first-order valence-corrected chi connectivity index (χ1v) is 4.93. The lowest BCUT2D eigenvalue weighted by molar-refractivity contribution is -0.125. The van der Waals surface area contributed by atoms with E-state index in [0.717, 1.165) is 5.56 Å². The second-order valence-electron chi connectivity index (χ2n) is 3.02. The molecule has 86 valence electrons. The zero-order valence-electron chi connectivity index (χ0n) is 8.74. The van der Waals surface area contributed by atoms with Gasteiger partial charge in [-0.2, -0.15) is 0 Å². The molecule has 6 heteroatoms. The van der Waals surface area contributed by atoms with Crippen LogP contribution in [0.5, 0.6) is 0 Å². The Hall–Kier alpha value is -1.59. The third-order valence-corrected chi connectivity index (χ3v) is 2.07.